The Balaban J connectivity index is 2.05. The third kappa shape index (κ3) is 4.08. The number of ether oxygens (including phenoxy) is 1. The molecular formula is C14H17N5O2S. The van der Waals surface area contributed by atoms with Gasteiger partial charge in [0, 0.05) is 11.9 Å². The molecule has 0 atom stereocenters. The summed E-state index contributed by atoms with van der Waals surface area (Å²) in [5.41, 5.74) is 1.10. The van der Waals surface area contributed by atoms with Crippen molar-refractivity contribution in [1.82, 2.24) is 19.3 Å². The number of aromatic nitrogens is 3. The van der Waals surface area contributed by atoms with Crippen molar-refractivity contribution in [3.8, 4) is 6.01 Å². The van der Waals surface area contributed by atoms with Gasteiger partial charge in [-0.1, -0.05) is 18.2 Å². The summed E-state index contributed by atoms with van der Waals surface area (Å²) in [5.74, 6) is 0.628. The number of carbonyl (C=O) groups is 1. The monoisotopic (exact) mass is 319 g/mol. The van der Waals surface area contributed by atoms with Crippen molar-refractivity contribution >= 4 is 23.9 Å². The summed E-state index contributed by atoms with van der Waals surface area (Å²) in [6, 6.07) is 7.67. The summed E-state index contributed by atoms with van der Waals surface area (Å²) in [4.78, 5) is 25.2. The number of hydrogen-bond acceptors (Lipinski definition) is 6. The average molecular weight is 319 g/mol. The molecule has 2 aromatic rings. The number of nitrogens with zero attached hydrogens (tertiary/aromatic N) is 4. The van der Waals surface area contributed by atoms with Crippen LogP contribution >= 0.6 is 11.9 Å². The minimum Gasteiger partial charge on any atom is -0.467 e. The quantitative estimate of drug-likeness (QED) is 0.873. The maximum Gasteiger partial charge on any atom is 0.334 e. The number of methoxy groups -OCH3 is 1. The Labute approximate surface area is 133 Å². The third-order valence-corrected chi connectivity index (χ3v) is 3.84. The van der Waals surface area contributed by atoms with E-state index in [4.69, 9.17) is 4.74 Å². The molecule has 0 saturated heterocycles. The topological polar surface area (TPSA) is 80.2 Å². The van der Waals surface area contributed by atoms with E-state index in [-0.39, 0.29) is 18.0 Å². The number of aryl methyl sites for hydroxylation is 2. The summed E-state index contributed by atoms with van der Waals surface area (Å²) >= 11 is 1.33. The molecule has 1 aromatic carbocycles. The second-order valence-electron chi connectivity index (χ2n) is 4.48. The molecule has 116 valence electrons. The molecule has 0 spiro atoms. The Hall–Kier alpha value is -2.35. The lowest BCUT2D eigenvalue weighted by molar-refractivity contribution is 0.242. The lowest BCUT2D eigenvalue weighted by Crippen LogP contribution is -2.26. The maximum absolute atomic E-state index is 12.2. The zero-order valence-corrected chi connectivity index (χ0v) is 13.6. The first-order valence-corrected chi connectivity index (χ1v) is 7.32. The van der Waals surface area contributed by atoms with Gasteiger partial charge in [-0.15, -0.1) is 0 Å². The Bertz CT molecular complexity index is 680. The van der Waals surface area contributed by atoms with Gasteiger partial charge in [0.1, 0.15) is 5.82 Å². The fourth-order valence-corrected chi connectivity index (χ4v) is 2.40. The lowest BCUT2D eigenvalue weighted by Gasteiger charge is -2.17. The van der Waals surface area contributed by atoms with Crippen LogP contribution in [0.3, 0.4) is 0 Å². The van der Waals surface area contributed by atoms with Crippen LogP contribution in [0.4, 0.5) is 10.7 Å². The van der Waals surface area contributed by atoms with E-state index in [1.54, 1.807) is 14.0 Å². The number of amides is 2. The Morgan fingerprint density at radius 2 is 1.95 bits per heavy atom. The first kappa shape index (κ1) is 16.0. The molecule has 22 heavy (non-hydrogen) atoms. The van der Waals surface area contributed by atoms with Crippen LogP contribution in [0, 0.1) is 13.8 Å². The predicted octanol–water partition coefficient (Wildman–Crippen LogP) is 2.67. The molecule has 0 unspecified atom stereocenters. The molecule has 0 aliphatic heterocycles. The zero-order valence-electron chi connectivity index (χ0n) is 12.8. The fourth-order valence-electron chi connectivity index (χ4n) is 1.63. The highest BCUT2D eigenvalue weighted by Gasteiger charge is 2.14. The number of rotatable bonds is 4. The fraction of sp³-hybridized carbons (Fsp3) is 0.286. The van der Waals surface area contributed by atoms with Gasteiger partial charge in [0.2, 0.25) is 5.95 Å². The van der Waals surface area contributed by atoms with Crippen LogP contribution in [-0.2, 0) is 0 Å². The molecule has 2 rings (SSSR count). The molecule has 0 saturated carbocycles. The van der Waals surface area contributed by atoms with Crippen molar-refractivity contribution in [3.63, 3.8) is 0 Å². The highest BCUT2D eigenvalue weighted by Crippen LogP contribution is 2.24. The Morgan fingerprint density at radius 1 is 1.23 bits per heavy atom. The van der Waals surface area contributed by atoms with E-state index >= 15 is 0 Å². The molecule has 0 fully saturated rings. The summed E-state index contributed by atoms with van der Waals surface area (Å²) in [6.07, 6.45) is 0. The van der Waals surface area contributed by atoms with Gasteiger partial charge >= 0.3 is 12.0 Å². The van der Waals surface area contributed by atoms with Crippen LogP contribution in [0.15, 0.2) is 29.2 Å². The van der Waals surface area contributed by atoms with Gasteiger partial charge in [-0.2, -0.15) is 15.0 Å². The van der Waals surface area contributed by atoms with Crippen molar-refractivity contribution in [2.75, 3.05) is 19.5 Å². The van der Waals surface area contributed by atoms with Gasteiger partial charge in [0.05, 0.1) is 7.11 Å². The summed E-state index contributed by atoms with van der Waals surface area (Å²) in [5, 5.41) is 2.62. The second-order valence-corrected chi connectivity index (χ2v) is 5.65. The van der Waals surface area contributed by atoms with Crippen LogP contribution in [0.1, 0.15) is 11.4 Å². The van der Waals surface area contributed by atoms with Crippen molar-refractivity contribution in [2.24, 2.45) is 0 Å². The number of anilines is 1. The second kappa shape index (κ2) is 7.08. The Kier molecular flexibility index (Phi) is 5.16. The van der Waals surface area contributed by atoms with Crippen molar-refractivity contribution in [1.29, 1.82) is 0 Å². The van der Waals surface area contributed by atoms with Crippen molar-refractivity contribution < 1.29 is 9.53 Å². The first-order valence-electron chi connectivity index (χ1n) is 6.54. The summed E-state index contributed by atoms with van der Waals surface area (Å²) in [6.45, 7) is 3.69. The van der Waals surface area contributed by atoms with Crippen molar-refractivity contribution in [3.05, 3.63) is 35.7 Å². The molecule has 1 heterocycles. The van der Waals surface area contributed by atoms with Gasteiger partial charge in [-0.25, -0.2) is 4.79 Å². The van der Waals surface area contributed by atoms with Gasteiger partial charge in [0.15, 0.2) is 0 Å². The number of hydrogen-bond donors (Lipinski definition) is 1. The molecule has 0 radical (unpaired) electrons. The van der Waals surface area contributed by atoms with E-state index in [2.05, 4.69) is 20.3 Å². The number of nitrogens with one attached hydrogen (secondary N) is 1. The van der Waals surface area contributed by atoms with E-state index in [0.717, 1.165) is 10.5 Å². The van der Waals surface area contributed by atoms with Gasteiger partial charge in [-0.3, -0.25) is 9.62 Å². The zero-order chi connectivity index (χ0) is 16.1. The average Bonchev–Trinajstić information content (AvgIpc) is 2.48. The molecule has 0 aliphatic carbocycles. The Morgan fingerprint density at radius 3 is 2.64 bits per heavy atom. The van der Waals surface area contributed by atoms with E-state index < -0.39 is 0 Å². The van der Waals surface area contributed by atoms with E-state index in [9.17, 15) is 4.79 Å². The normalized spacial score (nSPS) is 10.2. The van der Waals surface area contributed by atoms with E-state index in [1.807, 2.05) is 31.2 Å². The number of carbonyl (C=O) groups excluding carboxylic acids is 1. The van der Waals surface area contributed by atoms with Crippen molar-refractivity contribution in [2.45, 2.75) is 18.7 Å². The first-order chi connectivity index (χ1) is 10.5. The van der Waals surface area contributed by atoms with Gasteiger partial charge in [-0.05, 0) is 37.4 Å². The van der Waals surface area contributed by atoms with E-state index in [0.29, 0.717) is 5.82 Å². The minimum atomic E-state index is -0.332. The molecule has 0 aliphatic rings. The molecule has 7 nitrogen and oxygen atoms in total. The van der Waals surface area contributed by atoms with E-state index in [1.165, 1.54) is 23.4 Å². The largest absolute Gasteiger partial charge is 0.467 e. The summed E-state index contributed by atoms with van der Waals surface area (Å²) in [7, 11) is 3.14. The SMILES string of the molecule is COc1nc(C)nc(NC(=O)N(C)Sc2ccccc2C)n1. The third-order valence-electron chi connectivity index (χ3n) is 2.74. The van der Waals surface area contributed by atoms with Crippen LogP contribution in [-0.4, -0.2) is 39.4 Å². The summed E-state index contributed by atoms with van der Waals surface area (Å²) < 4.78 is 6.44. The molecule has 0 bridgehead atoms. The maximum atomic E-state index is 12.2. The molecule has 8 heteroatoms. The molecule has 1 aromatic heterocycles. The smallest absolute Gasteiger partial charge is 0.334 e. The number of benzene rings is 1. The lowest BCUT2D eigenvalue weighted by atomic mass is 10.2. The van der Waals surface area contributed by atoms with Crippen LogP contribution in [0.5, 0.6) is 6.01 Å². The van der Waals surface area contributed by atoms with Crippen LogP contribution in [0.2, 0.25) is 0 Å². The highest BCUT2D eigenvalue weighted by atomic mass is 32.2. The van der Waals surface area contributed by atoms with Crippen LogP contribution < -0.4 is 10.1 Å². The molecule has 2 amide bonds. The van der Waals surface area contributed by atoms with Gasteiger partial charge in [0.25, 0.3) is 0 Å². The standard InChI is InChI=1S/C14H17N5O2S/c1-9-7-5-6-8-11(9)22-19(3)14(20)18-12-15-10(2)16-13(17-12)21-4/h5-8H,1-4H3,(H,15,16,17,18,20). The number of urea groups is 1. The minimum absolute atomic E-state index is 0.159. The molecule has 1 N–H and O–H groups in total. The van der Waals surface area contributed by atoms with Gasteiger partial charge < -0.3 is 4.74 Å². The molecular weight excluding hydrogens is 302 g/mol. The highest BCUT2D eigenvalue weighted by molar-refractivity contribution is 7.97. The predicted molar refractivity (Wildman–Crippen MR) is 84.9 cm³/mol. The van der Waals surface area contributed by atoms with Crippen LogP contribution in [0.25, 0.3) is 0 Å².